The SMILES string of the molecule is Cc1ccc2nc(CN3C(=O)C[C@H]4[C@@H]3CCN4C(=O)OCCF)cn2c1.O=C(O)C(F)(F)F. The number of aryl methyl sites for hydroxylation is 1. The van der Waals surface area contributed by atoms with E-state index in [1.54, 1.807) is 4.90 Å². The Morgan fingerprint density at radius 2 is 1.94 bits per heavy atom. The fourth-order valence-corrected chi connectivity index (χ4v) is 3.98. The molecule has 4 rings (SSSR count). The van der Waals surface area contributed by atoms with Crippen molar-refractivity contribution >= 4 is 23.6 Å². The largest absolute Gasteiger partial charge is 0.490 e. The first kappa shape index (κ1) is 24.3. The van der Waals surface area contributed by atoms with E-state index in [0.29, 0.717) is 19.5 Å². The van der Waals surface area contributed by atoms with Crippen molar-refractivity contribution < 1.29 is 41.8 Å². The molecule has 2 aliphatic rings. The molecule has 0 aromatic carbocycles. The number of carboxylic acid groups (broad SMARTS) is 1. The molecule has 2 aromatic heterocycles. The Balaban J connectivity index is 0.000000383. The second kappa shape index (κ2) is 9.63. The molecule has 2 aliphatic heterocycles. The van der Waals surface area contributed by atoms with Crippen LogP contribution < -0.4 is 0 Å². The summed E-state index contributed by atoms with van der Waals surface area (Å²) in [6, 6.07) is 3.72. The topological polar surface area (TPSA) is 104 Å². The van der Waals surface area contributed by atoms with E-state index < -0.39 is 24.9 Å². The number of carboxylic acids is 1. The van der Waals surface area contributed by atoms with Crippen LogP contribution in [0.1, 0.15) is 24.1 Å². The molecule has 0 aliphatic carbocycles. The highest BCUT2D eigenvalue weighted by atomic mass is 19.4. The average Bonchev–Trinajstić information content (AvgIpc) is 3.40. The highest BCUT2D eigenvalue weighted by Crippen LogP contribution is 2.33. The number of amides is 2. The first-order chi connectivity index (χ1) is 15.5. The number of hydrogen-bond donors (Lipinski definition) is 1. The van der Waals surface area contributed by atoms with Gasteiger partial charge in [0.2, 0.25) is 5.91 Å². The predicted molar refractivity (Wildman–Crippen MR) is 105 cm³/mol. The molecule has 0 unspecified atom stereocenters. The summed E-state index contributed by atoms with van der Waals surface area (Å²) in [5, 5.41) is 7.12. The van der Waals surface area contributed by atoms with Crippen molar-refractivity contribution in [3.63, 3.8) is 0 Å². The van der Waals surface area contributed by atoms with Crippen LogP contribution in [0.3, 0.4) is 0 Å². The monoisotopic (exact) mass is 474 g/mol. The molecule has 2 fully saturated rings. The molecular weight excluding hydrogens is 452 g/mol. The van der Waals surface area contributed by atoms with Gasteiger partial charge >= 0.3 is 18.2 Å². The minimum absolute atomic E-state index is 0.0104. The molecule has 2 atom stereocenters. The molecule has 9 nitrogen and oxygen atoms in total. The molecule has 0 spiro atoms. The van der Waals surface area contributed by atoms with Crippen LogP contribution in [0.2, 0.25) is 0 Å². The average molecular weight is 474 g/mol. The second-order valence-corrected chi connectivity index (χ2v) is 7.65. The van der Waals surface area contributed by atoms with Crippen molar-refractivity contribution in [3.8, 4) is 0 Å². The highest BCUT2D eigenvalue weighted by Gasteiger charge is 2.48. The molecule has 0 radical (unpaired) electrons. The van der Waals surface area contributed by atoms with Crippen LogP contribution in [0.25, 0.3) is 5.65 Å². The molecule has 0 bridgehead atoms. The van der Waals surface area contributed by atoms with Crippen LogP contribution in [-0.2, 0) is 20.9 Å². The lowest BCUT2D eigenvalue weighted by molar-refractivity contribution is -0.192. The lowest BCUT2D eigenvalue weighted by atomic mass is 10.1. The standard InChI is InChI=1S/C18H21FN4O3.C2HF3O2/c1-12-2-3-16-20-13(10-21(16)9-12)11-23-14-4-6-22(15(14)8-17(23)24)18(25)26-7-5-19;3-2(4,5)1(6)7/h2-3,9-10,14-15H,4-8,11H2,1H3;(H,6,7)/t14-,15-;/m0./s1. The first-order valence-electron chi connectivity index (χ1n) is 10.0. The van der Waals surface area contributed by atoms with Crippen LogP contribution in [0.5, 0.6) is 0 Å². The van der Waals surface area contributed by atoms with Gasteiger partial charge in [0.05, 0.1) is 24.3 Å². The number of pyridine rings is 1. The van der Waals surface area contributed by atoms with Crippen LogP contribution in [0, 0.1) is 6.92 Å². The van der Waals surface area contributed by atoms with Gasteiger partial charge in [-0.2, -0.15) is 13.2 Å². The van der Waals surface area contributed by atoms with E-state index >= 15 is 0 Å². The van der Waals surface area contributed by atoms with E-state index in [1.165, 1.54) is 0 Å². The number of hydrogen-bond acceptors (Lipinski definition) is 5. The smallest absolute Gasteiger partial charge is 0.475 e. The van der Waals surface area contributed by atoms with E-state index in [2.05, 4.69) is 4.98 Å². The third-order valence-electron chi connectivity index (χ3n) is 5.38. The number of carbonyl (C=O) groups excluding carboxylic acids is 2. The normalized spacial score (nSPS) is 20.0. The van der Waals surface area contributed by atoms with E-state index in [-0.39, 0.29) is 31.0 Å². The lowest BCUT2D eigenvalue weighted by Gasteiger charge is -2.24. The van der Waals surface area contributed by atoms with Gasteiger partial charge in [-0.1, -0.05) is 6.07 Å². The summed E-state index contributed by atoms with van der Waals surface area (Å²) in [7, 11) is 0. The summed E-state index contributed by atoms with van der Waals surface area (Å²) in [6.07, 6.45) is -0.702. The predicted octanol–water partition coefficient (Wildman–Crippen LogP) is 2.56. The van der Waals surface area contributed by atoms with Crippen LogP contribution in [-0.4, -0.2) is 80.3 Å². The Hall–Kier alpha value is -3.38. The number of likely N-dealkylation sites (tertiary alicyclic amines) is 2. The Morgan fingerprint density at radius 3 is 2.58 bits per heavy atom. The number of aromatic nitrogens is 2. The van der Waals surface area contributed by atoms with Crippen molar-refractivity contribution in [3.05, 3.63) is 35.8 Å². The van der Waals surface area contributed by atoms with Gasteiger partial charge in [0.1, 0.15) is 18.9 Å². The summed E-state index contributed by atoms with van der Waals surface area (Å²) in [6.45, 7) is 2.02. The van der Waals surface area contributed by atoms with Gasteiger partial charge in [0.25, 0.3) is 0 Å². The van der Waals surface area contributed by atoms with Crippen LogP contribution in [0.4, 0.5) is 22.4 Å². The Morgan fingerprint density at radius 1 is 1.24 bits per heavy atom. The molecule has 2 amide bonds. The molecule has 4 heterocycles. The lowest BCUT2D eigenvalue weighted by Crippen LogP contribution is -2.40. The molecule has 2 saturated heterocycles. The number of alkyl halides is 4. The third kappa shape index (κ3) is 5.52. The highest BCUT2D eigenvalue weighted by molar-refractivity contribution is 5.82. The van der Waals surface area contributed by atoms with E-state index in [0.717, 1.165) is 16.9 Å². The molecule has 13 heteroatoms. The summed E-state index contributed by atoms with van der Waals surface area (Å²) in [4.78, 5) is 41.4. The zero-order valence-electron chi connectivity index (χ0n) is 17.6. The Kier molecular flexibility index (Phi) is 7.08. The molecule has 33 heavy (non-hydrogen) atoms. The number of halogens is 4. The molecule has 180 valence electrons. The second-order valence-electron chi connectivity index (χ2n) is 7.65. The van der Waals surface area contributed by atoms with E-state index in [4.69, 9.17) is 14.6 Å². The van der Waals surface area contributed by atoms with Gasteiger partial charge in [-0.3, -0.25) is 4.79 Å². The van der Waals surface area contributed by atoms with Gasteiger partial charge in [-0.05, 0) is 25.0 Å². The number of fused-ring (bicyclic) bond motifs is 2. The summed E-state index contributed by atoms with van der Waals surface area (Å²) in [5.74, 6) is -2.75. The van der Waals surface area contributed by atoms with Crippen LogP contribution in [0.15, 0.2) is 24.5 Å². The number of rotatable bonds is 4. The maximum atomic E-state index is 12.5. The fraction of sp³-hybridized carbons (Fsp3) is 0.500. The number of ether oxygens (including phenoxy) is 1. The summed E-state index contributed by atoms with van der Waals surface area (Å²) < 4.78 is 50.8. The molecule has 1 N–H and O–H groups in total. The van der Waals surface area contributed by atoms with E-state index in [1.807, 2.05) is 40.8 Å². The number of imidazole rings is 1. The Bertz CT molecular complexity index is 1040. The molecular formula is C20H22F4N4O5. The summed E-state index contributed by atoms with van der Waals surface area (Å²) in [5.41, 5.74) is 2.80. The maximum absolute atomic E-state index is 12.5. The Labute approximate surface area is 185 Å². The van der Waals surface area contributed by atoms with Gasteiger partial charge < -0.3 is 24.0 Å². The number of aliphatic carboxylic acids is 1. The van der Waals surface area contributed by atoms with Crippen molar-refractivity contribution in [2.24, 2.45) is 0 Å². The molecule has 2 aromatic rings. The van der Waals surface area contributed by atoms with Crippen LogP contribution >= 0.6 is 0 Å². The minimum atomic E-state index is -5.08. The summed E-state index contributed by atoms with van der Waals surface area (Å²) >= 11 is 0. The van der Waals surface area contributed by atoms with Crippen molar-refractivity contribution in [1.29, 1.82) is 0 Å². The first-order valence-corrected chi connectivity index (χ1v) is 10.0. The molecule has 0 saturated carbocycles. The van der Waals surface area contributed by atoms with E-state index in [9.17, 15) is 27.2 Å². The fourth-order valence-electron chi connectivity index (χ4n) is 3.98. The number of carbonyl (C=O) groups is 3. The zero-order valence-corrected chi connectivity index (χ0v) is 17.6. The third-order valence-corrected chi connectivity index (χ3v) is 5.38. The maximum Gasteiger partial charge on any atom is 0.490 e. The van der Waals surface area contributed by atoms with Crippen molar-refractivity contribution in [1.82, 2.24) is 19.2 Å². The van der Waals surface area contributed by atoms with Gasteiger partial charge in [-0.25, -0.2) is 19.0 Å². The van der Waals surface area contributed by atoms with Crippen molar-refractivity contribution in [2.45, 2.75) is 44.6 Å². The number of nitrogens with zero attached hydrogens (tertiary/aromatic N) is 4. The quantitative estimate of drug-likeness (QED) is 0.683. The van der Waals surface area contributed by atoms with Crippen molar-refractivity contribution in [2.75, 3.05) is 19.8 Å². The zero-order chi connectivity index (χ0) is 24.3. The van der Waals surface area contributed by atoms with Gasteiger partial charge in [0, 0.05) is 25.4 Å². The van der Waals surface area contributed by atoms with Gasteiger partial charge in [0.15, 0.2) is 0 Å². The minimum Gasteiger partial charge on any atom is -0.475 e. The van der Waals surface area contributed by atoms with Gasteiger partial charge in [-0.15, -0.1) is 0 Å².